The Morgan fingerprint density at radius 3 is 2.40 bits per heavy atom. The molecule has 0 spiro atoms. The van der Waals surface area contributed by atoms with Crippen molar-refractivity contribution >= 4 is 34.8 Å². The van der Waals surface area contributed by atoms with E-state index in [4.69, 9.17) is 4.42 Å². The SMILES string of the molecule is CC1(C)CC(=O)c2c([o+]cc3[nH]c4ccccc4c23)C1.F[B-](F)(F)F. The molecule has 1 N–H and O–H groups in total. The summed E-state index contributed by atoms with van der Waals surface area (Å²) in [5.41, 5.74) is 2.70. The Morgan fingerprint density at radius 2 is 1.72 bits per heavy atom. The molecule has 8 heteroatoms. The van der Waals surface area contributed by atoms with Gasteiger partial charge in [0.15, 0.2) is 5.78 Å². The third kappa shape index (κ3) is 3.67. The molecule has 0 amide bonds. The first-order chi connectivity index (χ1) is 11.6. The van der Waals surface area contributed by atoms with Gasteiger partial charge in [-0.25, -0.2) is 4.42 Å². The third-order valence-corrected chi connectivity index (χ3v) is 4.14. The number of halogens is 4. The number of aromatic amines is 1. The van der Waals surface area contributed by atoms with Crippen molar-refractivity contribution in [2.45, 2.75) is 26.7 Å². The van der Waals surface area contributed by atoms with Gasteiger partial charge < -0.3 is 22.2 Å². The lowest BCUT2D eigenvalue weighted by atomic mass is 9.75. The lowest BCUT2D eigenvalue weighted by molar-refractivity contribution is 0.0901. The topological polar surface area (TPSA) is 44.2 Å². The second-order valence-electron chi connectivity index (χ2n) is 6.93. The van der Waals surface area contributed by atoms with E-state index in [2.05, 4.69) is 24.9 Å². The molecule has 1 aliphatic carbocycles. The van der Waals surface area contributed by atoms with Crippen molar-refractivity contribution < 1.29 is 26.5 Å². The molecule has 0 unspecified atom stereocenters. The number of nitrogens with one attached hydrogen (secondary N) is 1. The Bertz CT molecular complexity index is 956. The van der Waals surface area contributed by atoms with Crippen LogP contribution in [0.3, 0.4) is 0 Å². The Morgan fingerprint density at radius 1 is 1.08 bits per heavy atom. The van der Waals surface area contributed by atoms with Gasteiger partial charge in [-0.1, -0.05) is 32.0 Å². The van der Waals surface area contributed by atoms with Gasteiger partial charge in [-0.3, -0.25) is 4.79 Å². The molecule has 0 aliphatic heterocycles. The highest BCUT2D eigenvalue weighted by molar-refractivity contribution is 6.50. The minimum Gasteiger partial charge on any atom is -0.418 e. The molecule has 0 saturated heterocycles. The van der Waals surface area contributed by atoms with Gasteiger partial charge >= 0.3 is 19.3 Å². The summed E-state index contributed by atoms with van der Waals surface area (Å²) < 4.78 is 44.7. The summed E-state index contributed by atoms with van der Waals surface area (Å²) in [6, 6.07) is 8.08. The Labute approximate surface area is 141 Å². The van der Waals surface area contributed by atoms with Crippen molar-refractivity contribution in [3.63, 3.8) is 0 Å². The summed E-state index contributed by atoms with van der Waals surface area (Å²) in [6.07, 6.45) is 3.13. The Kier molecular flexibility index (Phi) is 4.09. The number of Topliss-reactive ketones (excluding diaryl/α,β-unsaturated/α-hetero) is 1. The molecule has 2 aromatic heterocycles. The number of hydrogen-bond acceptors (Lipinski definition) is 1. The molecule has 0 atom stereocenters. The van der Waals surface area contributed by atoms with Crippen LogP contribution in [0.15, 0.2) is 34.9 Å². The van der Waals surface area contributed by atoms with Gasteiger partial charge in [0.1, 0.15) is 11.1 Å². The van der Waals surface area contributed by atoms with E-state index in [9.17, 15) is 22.1 Å². The Hall–Kier alpha value is -2.38. The summed E-state index contributed by atoms with van der Waals surface area (Å²) in [7, 11) is -6.00. The number of carbonyl (C=O) groups is 1. The average Bonchev–Trinajstić information content (AvgIpc) is 2.82. The standard InChI is InChI=1S/C17H15NO2.BF4/c1-17(2)7-13(19)16-14(8-17)20-9-12-15(16)10-5-3-4-6-11(10)18-12;2-1(3,4)5/h3-6,9H,7-8H2,1-2H3;/q;-1/p+1. The van der Waals surface area contributed by atoms with Gasteiger partial charge in [0.05, 0.1) is 6.42 Å². The molecule has 132 valence electrons. The van der Waals surface area contributed by atoms with Crippen molar-refractivity contribution in [3.8, 4) is 0 Å². The number of carbonyl (C=O) groups excluding carboxylic acids is 1. The van der Waals surface area contributed by atoms with Crippen LogP contribution in [-0.2, 0) is 6.42 Å². The molecule has 25 heavy (non-hydrogen) atoms. The maximum atomic E-state index is 12.6. The minimum atomic E-state index is -6.00. The zero-order chi connectivity index (χ0) is 18.4. The fourth-order valence-corrected chi connectivity index (χ4v) is 3.29. The fourth-order valence-electron chi connectivity index (χ4n) is 3.29. The first-order valence-corrected chi connectivity index (χ1v) is 7.80. The molecular weight excluding hydrogens is 337 g/mol. The molecule has 2 heterocycles. The first kappa shape index (κ1) is 17.4. The lowest BCUT2D eigenvalue weighted by Gasteiger charge is -2.25. The average molecular weight is 353 g/mol. The van der Waals surface area contributed by atoms with Crippen LogP contribution in [0.2, 0.25) is 0 Å². The number of fused-ring (bicyclic) bond motifs is 5. The van der Waals surface area contributed by atoms with Crippen molar-refractivity contribution in [3.05, 3.63) is 41.9 Å². The van der Waals surface area contributed by atoms with Crippen LogP contribution >= 0.6 is 0 Å². The maximum Gasteiger partial charge on any atom is 0.673 e. The second-order valence-corrected chi connectivity index (χ2v) is 6.93. The van der Waals surface area contributed by atoms with E-state index in [1.165, 1.54) is 0 Å². The van der Waals surface area contributed by atoms with Crippen LogP contribution in [-0.4, -0.2) is 18.0 Å². The minimum absolute atomic E-state index is 0.0205. The summed E-state index contributed by atoms with van der Waals surface area (Å²) in [5.74, 6) is 1.01. The summed E-state index contributed by atoms with van der Waals surface area (Å²) >= 11 is 0. The highest BCUT2D eigenvalue weighted by Crippen LogP contribution is 2.39. The number of aromatic nitrogens is 1. The van der Waals surface area contributed by atoms with Gasteiger partial charge in [-0.15, -0.1) is 0 Å². The molecule has 3 aromatic rings. The van der Waals surface area contributed by atoms with Crippen LogP contribution in [0.4, 0.5) is 17.3 Å². The van der Waals surface area contributed by atoms with Gasteiger partial charge in [0.2, 0.25) is 0 Å². The molecule has 3 nitrogen and oxygen atoms in total. The highest BCUT2D eigenvalue weighted by Gasteiger charge is 2.40. The molecule has 0 saturated carbocycles. The second kappa shape index (κ2) is 5.86. The first-order valence-electron chi connectivity index (χ1n) is 7.80. The lowest BCUT2D eigenvalue weighted by Crippen LogP contribution is -2.27. The van der Waals surface area contributed by atoms with Crippen LogP contribution < -0.4 is 0 Å². The van der Waals surface area contributed by atoms with Gasteiger partial charge in [-0.05, 0) is 11.5 Å². The predicted octanol–water partition coefficient (Wildman–Crippen LogP) is 5.65. The molecule has 0 radical (unpaired) electrons. The normalized spacial score (nSPS) is 16.5. The zero-order valence-corrected chi connectivity index (χ0v) is 13.7. The summed E-state index contributed by atoms with van der Waals surface area (Å²) in [4.78, 5) is 15.9. The number of rotatable bonds is 0. The largest absolute Gasteiger partial charge is 0.673 e. The number of para-hydroxylation sites is 1. The van der Waals surface area contributed by atoms with Crippen molar-refractivity contribution in [2.24, 2.45) is 5.41 Å². The molecule has 0 bridgehead atoms. The van der Waals surface area contributed by atoms with E-state index in [-0.39, 0.29) is 11.2 Å². The number of ketones is 1. The van der Waals surface area contributed by atoms with Gasteiger partial charge in [0.25, 0.3) is 0 Å². The van der Waals surface area contributed by atoms with E-state index in [0.29, 0.717) is 6.42 Å². The van der Waals surface area contributed by atoms with E-state index >= 15 is 0 Å². The molecule has 1 aromatic carbocycles. The monoisotopic (exact) mass is 353 g/mol. The van der Waals surface area contributed by atoms with Crippen molar-refractivity contribution in [1.82, 2.24) is 4.98 Å². The third-order valence-electron chi connectivity index (χ3n) is 4.14. The molecular formula is C17H16BF4NO2. The van der Waals surface area contributed by atoms with E-state index in [0.717, 1.165) is 39.6 Å². The zero-order valence-electron chi connectivity index (χ0n) is 13.7. The summed E-state index contributed by atoms with van der Waals surface area (Å²) in [6.45, 7) is 4.23. The van der Waals surface area contributed by atoms with E-state index in [1.807, 2.05) is 18.2 Å². The van der Waals surface area contributed by atoms with Crippen LogP contribution in [0.1, 0.15) is 36.4 Å². The molecule has 1 aliphatic rings. The van der Waals surface area contributed by atoms with Crippen molar-refractivity contribution in [2.75, 3.05) is 0 Å². The highest BCUT2D eigenvalue weighted by atomic mass is 19.5. The van der Waals surface area contributed by atoms with Crippen LogP contribution in [0, 0.1) is 5.41 Å². The predicted molar refractivity (Wildman–Crippen MR) is 89.1 cm³/mol. The van der Waals surface area contributed by atoms with Crippen LogP contribution in [0.25, 0.3) is 21.8 Å². The van der Waals surface area contributed by atoms with Gasteiger partial charge in [-0.2, -0.15) is 0 Å². The van der Waals surface area contributed by atoms with Crippen LogP contribution in [0.5, 0.6) is 0 Å². The maximum absolute atomic E-state index is 12.6. The smallest absolute Gasteiger partial charge is 0.418 e. The number of hydrogen-bond donors (Lipinski definition) is 1. The number of benzene rings is 1. The fraction of sp³-hybridized carbons (Fsp3) is 0.294. The molecule has 0 fully saturated rings. The van der Waals surface area contributed by atoms with Gasteiger partial charge in [0, 0.05) is 22.7 Å². The number of H-pyrrole nitrogens is 1. The van der Waals surface area contributed by atoms with Crippen molar-refractivity contribution in [1.29, 1.82) is 0 Å². The van der Waals surface area contributed by atoms with E-state index in [1.54, 1.807) is 6.26 Å². The molecule has 4 rings (SSSR count). The quantitative estimate of drug-likeness (QED) is 0.322. The Balaban J connectivity index is 0.000000324. The van der Waals surface area contributed by atoms with E-state index < -0.39 is 7.25 Å². The summed E-state index contributed by atoms with van der Waals surface area (Å²) in [5, 5.41) is 2.12.